The van der Waals surface area contributed by atoms with Crippen LogP contribution in [0.3, 0.4) is 0 Å². The molecule has 0 heterocycles. The number of non-ortho nitro benzene ring substituents is 1. The predicted molar refractivity (Wildman–Crippen MR) is 82.6 cm³/mol. The number of nitrogens with two attached hydrogens (primary N) is 1. The van der Waals surface area contributed by atoms with Crippen LogP contribution in [0.4, 0.5) is 22.7 Å². The summed E-state index contributed by atoms with van der Waals surface area (Å²) in [5, 5.41) is 13.8. The first kappa shape index (κ1) is 13.8. The Morgan fingerprint density at radius 2 is 1.79 bits per heavy atom. The van der Waals surface area contributed by atoms with E-state index < -0.39 is 4.92 Å². The van der Waals surface area contributed by atoms with Crippen molar-refractivity contribution in [1.82, 2.24) is 0 Å². The number of nitro benzene ring substituents is 1. The van der Waals surface area contributed by atoms with Crippen LogP contribution in [0.5, 0.6) is 0 Å². The molecule has 0 saturated carbocycles. The number of rotatable bonds is 3. The Morgan fingerprint density at radius 1 is 1.16 bits per heavy atom. The van der Waals surface area contributed by atoms with Gasteiger partial charge in [0.15, 0.2) is 0 Å². The summed E-state index contributed by atoms with van der Waals surface area (Å²) >= 11 is 6.85. The molecule has 5 nitrogen and oxygen atoms in total. The van der Waals surface area contributed by atoms with Crippen molar-refractivity contribution >= 4 is 54.6 Å². The maximum atomic E-state index is 10.6. The molecular weight excluding hydrogens is 378 g/mol. The molecule has 0 radical (unpaired) electrons. The molecule has 0 fully saturated rings. The monoisotopic (exact) mass is 385 g/mol. The van der Waals surface area contributed by atoms with Gasteiger partial charge in [0, 0.05) is 21.1 Å². The number of nitrogens with one attached hydrogen (secondary N) is 1. The van der Waals surface area contributed by atoms with E-state index in [1.54, 1.807) is 6.07 Å². The molecule has 0 saturated heterocycles. The molecule has 19 heavy (non-hydrogen) atoms. The number of anilines is 3. The first-order valence-electron chi connectivity index (χ1n) is 5.24. The van der Waals surface area contributed by atoms with E-state index in [-0.39, 0.29) is 5.69 Å². The molecule has 2 aromatic carbocycles. The minimum absolute atomic E-state index is 0.0331. The van der Waals surface area contributed by atoms with Crippen molar-refractivity contribution in [2.45, 2.75) is 0 Å². The fraction of sp³-hybridized carbons (Fsp3) is 0. The summed E-state index contributed by atoms with van der Waals surface area (Å²) in [6, 6.07) is 9.97. The Hall–Kier alpha value is -1.60. The van der Waals surface area contributed by atoms with Crippen LogP contribution in [-0.2, 0) is 0 Å². The number of nitrogen functional groups attached to an aromatic ring is 1. The third-order valence-corrected chi connectivity index (χ3v) is 3.79. The summed E-state index contributed by atoms with van der Waals surface area (Å²) in [7, 11) is 0. The third-order valence-electron chi connectivity index (χ3n) is 2.47. The summed E-state index contributed by atoms with van der Waals surface area (Å²) in [5.41, 5.74) is 7.51. The summed E-state index contributed by atoms with van der Waals surface area (Å²) in [4.78, 5) is 10.2. The Kier molecular flexibility index (Phi) is 4.06. The Balaban J connectivity index is 2.36. The highest BCUT2D eigenvalue weighted by Crippen LogP contribution is 2.35. The first-order valence-corrected chi connectivity index (χ1v) is 6.82. The molecule has 98 valence electrons. The van der Waals surface area contributed by atoms with Crippen LogP contribution in [0.15, 0.2) is 45.3 Å². The van der Waals surface area contributed by atoms with Gasteiger partial charge in [-0.15, -0.1) is 0 Å². The van der Waals surface area contributed by atoms with Crippen LogP contribution in [0.1, 0.15) is 0 Å². The second-order valence-electron chi connectivity index (χ2n) is 3.75. The molecule has 0 atom stereocenters. The van der Waals surface area contributed by atoms with Crippen LogP contribution in [0, 0.1) is 10.1 Å². The Bertz CT molecular complexity index is 627. The van der Waals surface area contributed by atoms with Gasteiger partial charge < -0.3 is 11.1 Å². The van der Waals surface area contributed by atoms with Gasteiger partial charge >= 0.3 is 0 Å². The summed E-state index contributed by atoms with van der Waals surface area (Å²) in [6.07, 6.45) is 0. The van der Waals surface area contributed by atoms with Gasteiger partial charge in [0.05, 0.1) is 22.0 Å². The number of halogens is 2. The number of nitrogens with zero attached hydrogens (tertiary/aromatic N) is 1. The number of hydrogen-bond donors (Lipinski definition) is 2. The highest BCUT2D eigenvalue weighted by Gasteiger charge is 2.11. The van der Waals surface area contributed by atoms with Crippen LogP contribution < -0.4 is 11.1 Å². The molecule has 0 bridgehead atoms. The lowest BCUT2D eigenvalue weighted by Crippen LogP contribution is -1.99. The molecule has 0 aromatic heterocycles. The molecule has 0 spiro atoms. The zero-order chi connectivity index (χ0) is 14.0. The van der Waals surface area contributed by atoms with Gasteiger partial charge in [-0.1, -0.05) is 6.07 Å². The first-order chi connectivity index (χ1) is 8.99. The van der Waals surface area contributed by atoms with Crippen molar-refractivity contribution in [2.24, 2.45) is 0 Å². The van der Waals surface area contributed by atoms with Crippen LogP contribution in [0.2, 0.25) is 0 Å². The van der Waals surface area contributed by atoms with E-state index in [1.807, 2.05) is 18.2 Å². The molecule has 7 heteroatoms. The van der Waals surface area contributed by atoms with E-state index in [1.165, 1.54) is 12.1 Å². The van der Waals surface area contributed by atoms with E-state index in [0.29, 0.717) is 11.4 Å². The molecule has 2 rings (SSSR count). The van der Waals surface area contributed by atoms with Crippen molar-refractivity contribution in [2.75, 3.05) is 11.1 Å². The number of benzene rings is 2. The van der Waals surface area contributed by atoms with E-state index in [4.69, 9.17) is 5.73 Å². The predicted octanol–water partition coefficient (Wildman–Crippen LogP) is 4.45. The summed E-state index contributed by atoms with van der Waals surface area (Å²) < 4.78 is 1.72. The maximum Gasteiger partial charge on any atom is 0.271 e. The van der Waals surface area contributed by atoms with Gasteiger partial charge in [0.25, 0.3) is 5.69 Å². The lowest BCUT2D eigenvalue weighted by atomic mass is 10.2. The second-order valence-corrected chi connectivity index (χ2v) is 5.46. The van der Waals surface area contributed by atoms with E-state index in [0.717, 1.165) is 14.6 Å². The third kappa shape index (κ3) is 3.05. The van der Waals surface area contributed by atoms with Gasteiger partial charge in [-0.25, -0.2) is 0 Å². The maximum absolute atomic E-state index is 10.6. The molecule has 0 aliphatic heterocycles. The van der Waals surface area contributed by atoms with Crippen LogP contribution >= 0.6 is 31.9 Å². The van der Waals surface area contributed by atoms with Crippen molar-refractivity contribution in [1.29, 1.82) is 0 Å². The molecule has 3 N–H and O–H groups in total. The van der Waals surface area contributed by atoms with Gasteiger partial charge in [0.1, 0.15) is 0 Å². The Morgan fingerprint density at radius 3 is 2.32 bits per heavy atom. The van der Waals surface area contributed by atoms with E-state index >= 15 is 0 Å². The van der Waals surface area contributed by atoms with Crippen molar-refractivity contribution in [3.63, 3.8) is 0 Å². The standard InChI is InChI=1S/C12H9Br2N3O2/c13-8-2-1-3-9(14)12(8)16-11-5-4-7(17(18)19)6-10(11)15/h1-6,16H,15H2. The van der Waals surface area contributed by atoms with Crippen molar-refractivity contribution < 1.29 is 4.92 Å². The topological polar surface area (TPSA) is 81.2 Å². The lowest BCUT2D eigenvalue weighted by molar-refractivity contribution is -0.384. The second kappa shape index (κ2) is 5.58. The van der Waals surface area contributed by atoms with E-state index in [9.17, 15) is 10.1 Å². The number of para-hydroxylation sites is 1. The molecule has 0 amide bonds. The van der Waals surface area contributed by atoms with Gasteiger partial charge in [-0.05, 0) is 50.1 Å². The minimum Gasteiger partial charge on any atom is -0.397 e. The zero-order valence-electron chi connectivity index (χ0n) is 9.56. The lowest BCUT2D eigenvalue weighted by Gasteiger charge is -2.12. The van der Waals surface area contributed by atoms with Gasteiger partial charge in [0.2, 0.25) is 0 Å². The van der Waals surface area contributed by atoms with Crippen molar-refractivity contribution in [3.8, 4) is 0 Å². The van der Waals surface area contributed by atoms with Crippen LogP contribution in [0.25, 0.3) is 0 Å². The fourth-order valence-corrected chi connectivity index (χ4v) is 2.73. The number of nitro groups is 1. The molecular formula is C12H9Br2N3O2. The average molecular weight is 387 g/mol. The smallest absolute Gasteiger partial charge is 0.271 e. The Labute approximate surface area is 126 Å². The molecule has 2 aromatic rings. The average Bonchev–Trinajstić information content (AvgIpc) is 2.35. The van der Waals surface area contributed by atoms with Crippen molar-refractivity contribution in [3.05, 3.63) is 55.5 Å². The number of hydrogen-bond acceptors (Lipinski definition) is 4. The fourth-order valence-electron chi connectivity index (χ4n) is 1.53. The SMILES string of the molecule is Nc1cc([N+](=O)[O-])ccc1Nc1c(Br)cccc1Br. The minimum atomic E-state index is -0.478. The molecule has 0 aliphatic carbocycles. The van der Waals surface area contributed by atoms with Crippen LogP contribution in [-0.4, -0.2) is 4.92 Å². The normalized spacial score (nSPS) is 10.2. The molecule has 0 unspecified atom stereocenters. The highest BCUT2D eigenvalue weighted by molar-refractivity contribution is 9.11. The molecule has 0 aliphatic rings. The summed E-state index contributed by atoms with van der Waals surface area (Å²) in [5.74, 6) is 0. The van der Waals surface area contributed by atoms with Gasteiger partial charge in [-0.2, -0.15) is 0 Å². The highest BCUT2D eigenvalue weighted by atomic mass is 79.9. The van der Waals surface area contributed by atoms with Gasteiger partial charge in [-0.3, -0.25) is 10.1 Å². The largest absolute Gasteiger partial charge is 0.397 e. The zero-order valence-corrected chi connectivity index (χ0v) is 12.7. The van der Waals surface area contributed by atoms with E-state index in [2.05, 4.69) is 37.2 Å². The summed E-state index contributed by atoms with van der Waals surface area (Å²) in [6.45, 7) is 0. The quantitative estimate of drug-likeness (QED) is 0.464.